The van der Waals surface area contributed by atoms with Crippen molar-refractivity contribution in [1.29, 1.82) is 0 Å². The lowest BCUT2D eigenvalue weighted by molar-refractivity contribution is -0.302. The minimum atomic E-state index is -1.55. The van der Waals surface area contributed by atoms with Crippen molar-refractivity contribution < 1.29 is 39.8 Å². The van der Waals surface area contributed by atoms with Crippen molar-refractivity contribution in [3.05, 3.63) is 12.2 Å². The molecule has 6 N–H and O–H groups in total. The van der Waals surface area contributed by atoms with Crippen LogP contribution in [0.5, 0.6) is 0 Å². The average Bonchev–Trinajstić information content (AvgIpc) is 3.36. The number of aliphatic hydroxyl groups is 5. The van der Waals surface area contributed by atoms with Gasteiger partial charge in [-0.3, -0.25) is 4.79 Å². The number of allylic oxidation sites excluding steroid dienone is 2. The molecule has 0 bridgehead atoms. The maximum atomic E-state index is 13.1. The highest BCUT2D eigenvalue weighted by molar-refractivity contribution is 5.76. The largest absolute Gasteiger partial charge is 0.394 e. The van der Waals surface area contributed by atoms with Crippen LogP contribution in [0.4, 0.5) is 0 Å². The molecule has 1 amide bonds. The van der Waals surface area contributed by atoms with Crippen LogP contribution in [0, 0.1) is 0 Å². The molecule has 1 heterocycles. The van der Waals surface area contributed by atoms with E-state index < -0.39 is 49.5 Å². The van der Waals surface area contributed by atoms with Gasteiger partial charge >= 0.3 is 0 Å². The Morgan fingerprint density at radius 3 is 1.16 bits per heavy atom. The van der Waals surface area contributed by atoms with Gasteiger partial charge in [-0.2, -0.15) is 0 Å². The van der Waals surface area contributed by atoms with Gasteiger partial charge < -0.3 is 40.3 Å². The van der Waals surface area contributed by atoms with Crippen molar-refractivity contribution in [3.8, 4) is 0 Å². The fraction of sp³-hybridized carbons (Fsp3) is 0.951. The molecule has 7 unspecified atom stereocenters. The molecule has 1 rings (SSSR count). The number of carbonyl (C=O) groups is 1. The number of hydrogen-bond donors (Lipinski definition) is 6. The highest BCUT2D eigenvalue weighted by Crippen LogP contribution is 2.23. The lowest BCUT2D eigenvalue weighted by Crippen LogP contribution is -2.60. The first kappa shape index (κ1) is 66.9. The topological polar surface area (TPSA) is 149 Å². The molecule has 0 spiro atoms. The Balaban J connectivity index is 2.13. The van der Waals surface area contributed by atoms with E-state index in [0.717, 1.165) is 38.5 Å². The number of unbranched alkanes of at least 4 members (excludes halogenated alkanes) is 42. The van der Waals surface area contributed by atoms with Crippen LogP contribution in [-0.4, -0.2) is 87.5 Å². The maximum absolute atomic E-state index is 13.1. The number of ether oxygens (including phenoxy) is 2. The van der Waals surface area contributed by atoms with Gasteiger partial charge in [0.05, 0.1) is 25.4 Å². The van der Waals surface area contributed by atoms with Crippen molar-refractivity contribution >= 4 is 5.91 Å². The van der Waals surface area contributed by atoms with E-state index in [1.165, 1.54) is 250 Å². The van der Waals surface area contributed by atoms with Crippen LogP contribution in [0.3, 0.4) is 0 Å². The van der Waals surface area contributed by atoms with Gasteiger partial charge in [-0.25, -0.2) is 0 Å². The number of carbonyl (C=O) groups excluding carboxylic acids is 1. The lowest BCUT2D eigenvalue weighted by atomic mass is 9.99. The summed E-state index contributed by atoms with van der Waals surface area (Å²) in [6.45, 7) is 3.88. The molecule has 1 aliphatic rings. The van der Waals surface area contributed by atoms with Gasteiger partial charge in [0.25, 0.3) is 0 Å². The number of amides is 1. The van der Waals surface area contributed by atoms with Crippen LogP contribution in [0.1, 0.15) is 316 Å². The third-order valence-corrected chi connectivity index (χ3v) is 15.1. The quantitative estimate of drug-likeness (QED) is 0.0261. The van der Waals surface area contributed by atoms with E-state index in [2.05, 4.69) is 31.3 Å². The van der Waals surface area contributed by atoms with E-state index in [9.17, 15) is 30.3 Å². The van der Waals surface area contributed by atoms with E-state index in [4.69, 9.17) is 9.47 Å². The summed E-state index contributed by atoms with van der Waals surface area (Å²) in [5.41, 5.74) is 0. The maximum Gasteiger partial charge on any atom is 0.220 e. The molecule has 0 aliphatic carbocycles. The molecular weight excluding hydrogens is 875 g/mol. The molecule has 0 saturated carbocycles. The monoisotopic (exact) mass is 994 g/mol. The van der Waals surface area contributed by atoms with Crippen LogP contribution < -0.4 is 5.32 Å². The van der Waals surface area contributed by atoms with E-state index in [1.807, 2.05) is 0 Å². The van der Waals surface area contributed by atoms with Crippen LogP contribution in [-0.2, 0) is 14.3 Å². The number of hydrogen-bond acceptors (Lipinski definition) is 8. The third-order valence-electron chi connectivity index (χ3n) is 15.1. The summed E-state index contributed by atoms with van der Waals surface area (Å²) >= 11 is 0. The van der Waals surface area contributed by atoms with Crippen LogP contribution >= 0.6 is 0 Å². The van der Waals surface area contributed by atoms with Gasteiger partial charge in [0.15, 0.2) is 6.29 Å². The molecule has 1 saturated heterocycles. The van der Waals surface area contributed by atoms with Crippen LogP contribution in [0.15, 0.2) is 12.2 Å². The van der Waals surface area contributed by atoms with Crippen molar-refractivity contribution in [2.24, 2.45) is 0 Å². The minimum absolute atomic E-state index is 0.132. The van der Waals surface area contributed by atoms with E-state index in [-0.39, 0.29) is 12.5 Å². The molecule has 0 aromatic rings. The van der Waals surface area contributed by atoms with Crippen LogP contribution in [0.2, 0.25) is 0 Å². The predicted molar refractivity (Wildman–Crippen MR) is 295 cm³/mol. The summed E-state index contributed by atoms with van der Waals surface area (Å²) in [7, 11) is 0. The Kier molecular flexibility index (Phi) is 49.2. The predicted octanol–water partition coefficient (Wildman–Crippen LogP) is 15.6. The van der Waals surface area contributed by atoms with Gasteiger partial charge in [0.1, 0.15) is 24.4 Å². The first-order valence-electron chi connectivity index (χ1n) is 30.9. The first-order chi connectivity index (χ1) is 34.3. The third kappa shape index (κ3) is 40.3. The van der Waals surface area contributed by atoms with Gasteiger partial charge in [0.2, 0.25) is 5.91 Å². The summed E-state index contributed by atoms with van der Waals surface area (Å²) < 4.78 is 11.3. The normalized spacial score (nSPS) is 19.3. The van der Waals surface area contributed by atoms with Gasteiger partial charge in [-0.1, -0.05) is 283 Å². The summed E-state index contributed by atoms with van der Waals surface area (Å²) in [5.74, 6) is -0.137. The van der Waals surface area contributed by atoms with Crippen molar-refractivity contribution in [2.75, 3.05) is 13.2 Å². The molecule has 0 radical (unpaired) electrons. The standard InChI is InChI=1S/C61H119NO8/c1-3-5-7-9-11-13-15-17-19-21-23-24-25-26-27-28-29-30-31-32-33-35-37-39-41-43-45-47-49-51-57(65)62-54(53-69-61-60(68)59(67)58(66)56(52-63)70-61)55(64)50-48-46-44-42-40-38-36-34-22-20-18-16-14-12-10-8-6-4-2/h21,23,54-56,58-61,63-64,66-68H,3-20,22,24-53H2,1-2H3,(H,62,65)/b23-21-. The second-order valence-corrected chi connectivity index (χ2v) is 21.9. The molecule has 0 aromatic carbocycles. The van der Waals surface area contributed by atoms with Gasteiger partial charge in [-0.05, 0) is 38.5 Å². The molecule has 7 atom stereocenters. The Labute approximate surface area is 433 Å². The second-order valence-electron chi connectivity index (χ2n) is 21.9. The summed E-state index contributed by atoms with van der Waals surface area (Å²) in [6, 6.07) is -0.715. The Hall–Kier alpha value is -1.07. The fourth-order valence-electron chi connectivity index (χ4n) is 10.2. The summed E-state index contributed by atoms with van der Waals surface area (Å²) in [5, 5.41) is 54.7. The van der Waals surface area contributed by atoms with Gasteiger partial charge in [0, 0.05) is 6.42 Å². The summed E-state index contributed by atoms with van der Waals surface area (Å²) in [4.78, 5) is 13.1. The molecule has 9 nitrogen and oxygen atoms in total. The zero-order valence-electron chi connectivity index (χ0n) is 46.3. The molecule has 70 heavy (non-hydrogen) atoms. The van der Waals surface area contributed by atoms with Crippen molar-refractivity contribution in [2.45, 2.75) is 358 Å². The Bertz CT molecular complexity index is 1110. The Morgan fingerprint density at radius 2 is 0.800 bits per heavy atom. The van der Waals surface area contributed by atoms with E-state index >= 15 is 0 Å². The van der Waals surface area contributed by atoms with Gasteiger partial charge in [-0.15, -0.1) is 0 Å². The van der Waals surface area contributed by atoms with Crippen LogP contribution in [0.25, 0.3) is 0 Å². The zero-order chi connectivity index (χ0) is 50.8. The molecule has 9 heteroatoms. The number of aliphatic hydroxyl groups excluding tert-OH is 5. The highest BCUT2D eigenvalue weighted by Gasteiger charge is 2.44. The van der Waals surface area contributed by atoms with E-state index in [1.54, 1.807) is 0 Å². The number of rotatable bonds is 54. The SMILES string of the molecule is CCCCCCCCCC/C=C\CCCCCCCCCCCCCCCCCCCC(=O)NC(COC1OC(CO)C(O)C(O)C1O)C(O)CCCCCCCCCCCCCCCCCCCC. The second kappa shape index (κ2) is 51.4. The molecule has 416 valence electrons. The highest BCUT2D eigenvalue weighted by atomic mass is 16.7. The zero-order valence-corrected chi connectivity index (χ0v) is 46.3. The first-order valence-corrected chi connectivity index (χ1v) is 30.9. The lowest BCUT2D eigenvalue weighted by Gasteiger charge is -2.40. The number of nitrogens with one attached hydrogen (secondary N) is 1. The van der Waals surface area contributed by atoms with Crippen molar-refractivity contribution in [3.63, 3.8) is 0 Å². The fourth-order valence-corrected chi connectivity index (χ4v) is 10.2. The van der Waals surface area contributed by atoms with Crippen molar-refractivity contribution in [1.82, 2.24) is 5.32 Å². The molecule has 1 aliphatic heterocycles. The molecular formula is C61H119NO8. The molecule has 0 aromatic heterocycles. The minimum Gasteiger partial charge on any atom is -0.394 e. The Morgan fingerprint density at radius 1 is 0.471 bits per heavy atom. The smallest absolute Gasteiger partial charge is 0.220 e. The molecule has 1 fully saturated rings. The van der Waals surface area contributed by atoms with E-state index in [0.29, 0.717) is 12.8 Å². The average molecular weight is 995 g/mol. The summed E-state index contributed by atoms with van der Waals surface area (Å²) in [6.07, 6.45) is 56.8.